The Kier molecular flexibility index (Phi) is 3.91. The van der Waals surface area contributed by atoms with Crippen LogP contribution in [-0.4, -0.2) is 34.0 Å². The van der Waals surface area contributed by atoms with E-state index in [0.29, 0.717) is 6.42 Å². The predicted molar refractivity (Wildman–Crippen MR) is 56.7 cm³/mol. The van der Waals surface area contributed by atoms with E-state index in [9.17, 15) is 14.7 Å². The Morgan fingerprint density at radius 3 is 2.82 bits per heavy atom. The van der Waals surface area contributed by atoms with Crippen LogP contribution < -0.4 is 10.6 Å². The lowest BCUT2D eigenvalue weighted by atomic mass is 9.96. The normalized spacial score (nSPS) is 26.8. The zero-order valence-corrected chi connectivity index (χ0v) is 9.43. The van der Waals surface area contributed by atoms with Crippen LogP contribution in [0.3, 0.4) is 0 Å². The molecule has 0 bridgehead atoms. The number of hydrogen-bond donors (Lipinski definition) is 4. The molecule has 1 unspecified atom stereocenters. The van der Waals surface area contributed by atoms with Gasteiger partial charge >= 0.3 is 6.09 Å². The highest BCUT2D eigenvalue weighted by molar-refractivity contribution is 5.81. The molecule has 1 aliphatic heterocycles. The summed E-state index contributed by atoms with van der Waals surface area (Å²) in [5.74, 6) is -0.395. The van der Waals surface area contributed by atoms with E-state index in [1.807, 2.05) is 6.92 Å². The average Bonchev–Trinajstić information content (AvgIpc) is 2.53. The molecule has 0 aliphatic carbocycles. The molecule has 94 valence electrons. The van der Waals surface area contributed by atoms with Crippen molar-refractivity contribution in [3.63, 3.8) is 0 Å². The van der Waals surface area contributed by atoms with Crippen molar-refractivity contribution in [1.29, 1.82) is 5.26 Å². The minimum Gasteiger partial charge on any atom is -0.465 e. The third-order valence-corrected chi connectivity index (χ3v) is 2.75. The maximum Gasteiger partial charge on any atom is 0.407 e. The highest BCUT2D eigenvalue weighted by Crippen LogP contribution is 2.23. The molecule has 4 N–H and O–H groups in total. The minimum absolute atomic E-state index is 0.0788. The third-order valence-electron chi connectivity index (χ3n) is 2.75. The molecule has 3 atom stereocenters. The van der Waals surface area contributed by atoms with Crippen LogP contribution in [0, 0.1) is 17.2 Å². The molecule has 0 saturated carbocycles. The van der Waals surface area contributed by atoms with Gasteiger partial charge in [0.2, 0.25) is 11.6 Å². The first-order valence-corrected chi connectivity index (χ1v) is 5.31. The first kappa shape index (κ1) is 13.3. The van der Waals surface area contributed by atoms with Crippen molar-refractivity contribution < 1.29 is 19.8 Å². The van der Waals surface area contributed by atoms with Gasteiger partial charge in [-0.15, -0.1) is 0 Å². The Hall–Kier alpha value is -1.81. The molecule has 1 aliphatic rings. The Morgan fingerprint density at radius 1 is 1.76 bits per heavy atom. The molecule has 7 heteroatoms. The smallest absolute Gasteiger partial charge is 0.407 e. The monoisotopic (exact) mass is 241 g/mol. The van der Waals surface area contributed by atoms with Gasteiger partial charge in [-0.05, 0) is 19.8 Å². The molecule has 1 rings (SSSR count). The first-order valence-electron chi connectivity index (χ1n) is 5.31. The Morgan fingerprint density at radius 2 is 2.41 bits per heavy atom. The topological polar surface area (TPSA) is 122 Å². The first-order chi connectivity index (χ1) is 7.86. The predicted octanol–water partition coefficient (Wildman–Crippen LogP) is -0.229. The summed E-state index contributed by atoms with van der Waals surface area (Å²) in [7, 11) is 0. The van der Waals surface area contributed by atoms with Crippen LogP contribution in [0.25, 0.3) is 0 Å². The SMILES string of the molecule is C[C@@H]1C[C@H](CCC(O)(C#N)NC(=O)O)C(=O)N1. The van der Waals surface area contributed by atoms with E-state index in [1.165, 1.54) is 6.07 Å². The van der Waals surface area contributed by atoms with Gasteiger partial charge in [0.15, 0.2) is 0 Å². The number of carbonyl (C=O) groups is 2. The molecule has 1 heterocycles. The number of nitrogens with zero attached hydrogens (tertiary/aromatic N) is 1. The van der Waals surface area contributed by atoms with Gasteiger partial charge < -0.3 is 15.5 Å². The molecule has 17 heavy (non-hydrogen) atoms. The number of rotatable bonds is 4. The fraction of sp³-hybridized carbons (Fsp3) is 0.700. The molecule has 1 saturated heterocycles. The van der Waals surface area contributed by atoms with E-state index in [4.69, 9.17) is 10.4 Å². The van der Waals surface area contributed by atoms with E-state index < -0.39 is 11.8 Å². The number of carboxylic acid groups (broad SMARTS) is 1. The van der Waals surface area contributed by atoms with Gasteiger partial charge in [-0.1, -0.05) is 0 Å². The summed E-state index contributed by atoms with van der Waals surface area (Å²) in [4.78, 5) is 21.8. The summed E-state index contributed by atoms with van der Waals surface area (Å²) in [6, 6.07) is 1.57. The van der Waals surface area contributed by atoms with E-state index >= 15 is 0 Å². The van der Waals surface area contributed by atoms with E-state index in [-0.39, 0.29) is 30.7 Å². The lowest BCUT2D eigenvalue weighted by Gasteiger charge is -2.20. The minimum atomic E-state index is -2.13. The van der Waals surface area contributed by atoms with Crippen LogP contribution >= 0.6 is 0 Å². The number of hydrogen-bond acceptors (Lipinski definition) is 4. The second kappa shape index (κ2) is 5.01. The summed E-state index contributed by atoms with van der Waals surface area (Å²) < 4.78 is 0. The molecule has 7 nitrogen and oxygen atoms in total. The lowest BCUT2D eigenvalue weighted by molar-refractivity contribution is -0.123. The Labute approximate surface area is 98.4 Å². The molecule has 0 aromatic carbocycles. The Balaban J connectivity index is 2.51. The van der Waals surface area contributed by atoms with Crippen LogP contribution in [0.4, 0.5) is 4.79 Å². The molecule has 0 aromatic rings. The summed E-state index contributed by atoms with van der Waals surface area (Å²) in [6.45, 7) is 1.86. The molecule has 0 aromatic heterocycles. The second-order valence-corrected chi connectivity index (χ2v) is 4.28. The van der Waals surface area contributed by atoms with Crippen LogP contribution in [-0.2, 0) is 4.79 Å². The van der Waals surface area contributed by atoms with Crippen molar-refractivity contribution in [2.75, 3.05) is 0 Å². The van der Waals surface area contributed by atoms with Crippen molar-refractivity contribution >= 4 is 12.0 Å². The highest BCUT2D eigenvalue weighted by atomic mass is 16.4. The van der Waals surface area contributed by atoms with Gasteiger partial charge in [0.1, 0.15) is 6.07 Å². The van der Waals surface area contributed by atoms with Crippen LogP contribution in [0.15, 0.2) is 0 Å². The average molecular weight is 241 g/mol. The van der Waals surface area contributed by atoms with Crippen LogP contribution in [0.2, 0.25) is 0 Å². The van der Waals surface area contributed by atoms with E-state index in [0.717, 1.165) is 0 Å². The van der Waals surface area contributed by atoms with Crippen molar-refractivity contribution in [1.82, 2.24) is 10.6 Å². The van der Waals surface area contributed by atoms with Crippen LogP contribution in [0.1, 0.15) is 26.2 Å². The standard InChI is InChI=1S/C10H15N3O4/c1-6-4-7(8(14)12-6)2-3-10(17,5-11)13-9(15)16/h6-7,13,17H,2-4H2,1H3,(H,12,14)(H,15,16)/t6-,7+,10?/m1/s1. The van der Waals surface area contributed by atoms with Gasteiger partial charge in [0.25, 0.3) is 0 Å². The summed E-state index contributed by atoms with van der Waals surface area (Å²) in [5, 5.41) is 31.2. The van der Waals surface area contributed by atoms with Crippen LogP contribution in [0.5, 0.6) is 0 Å². The molecular weight excluding hydrogens is 226 g/mol. The maximum absolute atomic E-state index is 11.4. The molecule has 1 fully saturated rings. The molecule has 2 amide bonds. The van der Waals surface area contributed by atoms with Gasteiger partial charge in [0, 0.05) is 18.4 Å². The summed E-state index contributed by atoms with van der Waals surface area (Å²) in [6.07, 6.45) is -0.688. The molecule has 0 spiro atoms. The zero-order chi connectivity index (χ0) is 13.1. The Bertz CT molecular complexity index is 365. The van der Waals surface area contributed by atoms with Gasteiger partial charge in [-0.3, -0.25) is 10.1 Å². The zero-order valence-electron chi connectivity index (χ0n) is 9.43. The largest absolute Gasteiger partial charge is 0.465 e. The number of nitriles is 1. The van der Waals surface area contributed by atoms with Crippen molar-refractivity contribution in [3.05, 3.63) is 0 Å². The maximum atomic E-state index is 11.4. The molecular formula is C10H15N3O4. The van der Waals surface area contributed by atoms with Gasteiger partial charge in [-0.25, -0.2) is 4.79 Å². The fourth-order valence-electron chi connectivity index (χ4n) is 1.91. The second-order valence-electron chi connectivity index (χ2n) is 4.28. The van der Waals surface area contributed by atoms with E-state index in [2.05, 4.69) is 5.32 Å². The van der Waals surface area contributed by atoms with Crippen molar-refractivity contribution in [2.45, 2.75) is 38.0 Å². The molecule has 0 radical (unpaired) electrons. The number of nitrogens with one attached hydrogen (secondary N) is 2. The van der Waals surface area contributed by atoms with E-state index in [1.54, 1.807) is 5.32 Å². The number of aliphatic hydroxyl groups is 1. The fourth-order valence-corrected chi connectivity index (χ4v) is 1.91. The summed E-state index contributed by atoms with van der Waals surface area (Å²) in [5.41, 5.74) is -2.13. The lowest BCUT2D eigenvalue weighted by Crippen LogP contribution is -2.47. The number of carbonyl (C=O) groups excluding carboxylic acids is 1. The number of amides is 2. The van der Waals surface area contributed by atoms with Gasteiger partial charge in [0.05, 0.1) is 0 Å². The highest BCUT2D eigenvalue weighted by Gasteiger charge is 2.34. The van der Waals surface area contributed by atoms with Crippen molar-refractivity contribution in [2.24, 2.45) is 5.92 Å². The third kappa shape index (κ3) is 3.60. The van der Waals surface area contributed by atoms with Gasteiger partial charge in [-0.2, -0.15) is 5.26 Å². The quantitative estimate of drug-likeness (QED) is 0.400. The summed E-state index contributed by atoms with van der Waals surface area (Å²) >= 11 is 0. The van der Waals surface area contributed by atoms with Crippen molar-refractivity contribution in [3.8, 4) is 6.07 Å².